The van der Waals surface area contributed by atoms with Gasteiger partial charge in [-0.15, -0.1) is 0 Å². The van der Waals surface area contributed by atoms with E-state index in [9.17, 15) is 4.79 Å². The zero-order chi connectivity index (χ0) is 19.5. The summed E-state index contributed by atoms with van der Waals surface area (Å²) in [5, 5.41) is 0. The number of methoxy groups -OCH3 is 2. The average Bonchev–Trinajstić information content (AvgIpc) is 3.08. The fraction of sp³-hybridized carbons (Fsp3) is 0.300. The molecule has 2 aromatic carbocycles. The van der Waals surface area contributed by atoms with Crippen molar-refractivity contribution in [3.63, 3.8) is 0 Å². The maximum absolute atomic E-state index is 12.8. The molecule has 0 fully saturated rings. The minimum Gasteiger partial charge on any atom is -0.495 e. The lowest BCUT2D eigenvalue weighted by molar-refractivity contribution is -0.127. The molecule has 1 aromatic heterocycles. The number of thiazole rings is 1. The molecule has 0 bridgehead atoms. The second-order valence-corrected chi connectivity index (χ2v) is 7.16. The van der Waals surface area contributed by atoms with Gasteiger partial charge in [0, 0.05) is 13.7 Å². The molecule has 1 atom stereocenters. The molecule has 2 heterocycles. The molecule has 0 unspecified atom stereocenters. The number of carbonyl (C=O) groups excluding carboxylic acids is 1. The van der Waals surface area contributed by atoms with Crippen LogP contribution in [0.2, 0.25) is 0 Å². The van der Waals surface area contributed by atoms with Gasteiger partial charge in [0.2, 0.25) is 6.10 Å². The number of aromatic nitrogens is 1. The summed E-state index contributed by atoms with van der Waals surface area (Å²) in [7, 11) is 3.26. The van der Waals surface area contributed by atoms with Crippen LogP contribution in [0.25, 0.3) is 10.2 Å². The first-order valence-electron chi connectivity index (χ1n) is 8.83. The Kier molecular flexibility index (Phi) is 5.31. The highest BCUT2D eigenvalue weighted by Crippen LogP contribution is 2.31. The Labute approximate surface area is 165 Å². The fourth-order valence-electron chi connectivity index (χ4n) is 3.05. The largest absolute Gasteiger partial charge is 0.495 e. The van der Waals surface area contributed by atoms with E-state index in [0.717, 1.165) is 16.0 Å². The van der Waals surface area contributed by atoms with Crippen molar-refractivity contribution in [2.45, 2.75) is 12.6 Å². The second-order valence-electron chi connectivity index (χ2n) is 6.15. The summed E-state index contributed by atoms with van der Waals surface area (Å²) in [6, 6.07) is 13.1. The Morgan fingerprint density at radius 2 is 2.04 bits per heavy atom. The minimum absolute atomic E-state index is 0.131. The number of fused-ring (bicyclic) bond motifs is 2. The highest BCUT2D eigenvalue weighted by molar-refractivity contribution is 7.16. The number of rotatable bonds is 5. The Hall–Kier alpha value is -2.84. The summed E-state index contributed by atoms with van der Waals surface area (Å²) >= 11 is 1.43. The Morgan fingerprint density at radius 1 is 1.21 bits per heavy atom. The van der Waals surface area contributed by atoms with Crippen molar-refractivity contribution in [3.8, 4) is 17.2 Å². The van der Waals surface area contributed by atoms with Crippen molar-refractivity contribution in [3.05, 3.63) is 47.3 Å². The molecule has 1 amide bonds. The molecule has 8 heteroatoms. The number of benzene rings is 2. The number of amides is 1. The zero-order valence-corrected chi connectivity index (χ0v) is 16.4. The van der Waals surface area contributed by atoms with Crippen LogP contribution >= 0.6 is 11.3 Å². The van der Waals surface area contributed by atoms with Crippen LogP contribution in [0.1, 0.15) is 0 Å². The van der Waals surface area contributed by atoms with Crippen LogP contribution < -0.4 is 19.0 Å². The van der Waals surface area contributed by atoms with Crippen LogP contribution in [-0.4, -0.2) is 44.0 Å². The maximum Gasteiger partial charge on any atom is 0.292 e. The standard InChI is InChI=1S/C20H20N2O5S/c1-24-11-10-22-18-15(25-2)8-5-9-17(18)28-20(22)21-19(23)16-12-26-13-6-3-4-7-14(13)27-16/h3-9,16H,10-12H2,1-2H3/t16-/m1/s1. The van der Waals surface area contributed by atoms with E-state index in [1.807, 2.05) is 41.0 Å². The molecule has 0 spiro atoms. The van der Waals surface area contributed by atoms with E-state index in [2.05, 4.69) is 4.99 Å². The normalized spacial score (nSPS) is 16.4. The monoisotopic (exact) mass is 400 g/mol. The van der Waals surface area contributed by atoms with Gasteiger partial charge in [0.25, 0.3) is 5.91 Å². The van der Waals surface area contributed by atoms with E-state index in [1.165, 1.54) is 11.3 Å². The second kappa shape index (κ2) is 8.04. The number of carbonyl (C=O) groups is 1. The molecule has 4 rings (SSSR count). The van der Waals surface area contributed by atoms with Crippen molar-refractivity contribution in [2.75, 3.05) is 27.4 Å². The van der Waals surface area contributed by atoms with Crippen molar-refractivity contribution >= 4 is 27.5 Å². The molecular weight excluding hydrogens is 380 g/mol. The van der Waals surface area contributed by atoms with Gasteiger partial charge in [0.1, 0.15) is 17.9 Å². The van der Waals surface area contributed by atoms with Crippen LogP contribution in [-0.2, 0) is 16.1 Å². The van der Waals surface area contributed by atoms with Gasteiger partial charge >= 0.3 is 0 Å². The van der Waals surface area contributed by atoms with Gasteiger partial charge < -0.3 is 23.5 Å². The SMILES string of the molecule is COCCn1c(=NC(=O)[C@H]2COc3ccccc3O2)sc2cccc(OC)c21. The number of ether oxygens (including phenoxy) is 4. The minimum atomic E-state index is -0.780. The molecule has 0 radical (unpaired) electrons. The third kappa shape index (κ3) is 3.48. The first kappa shape index (κ1) is 18.5. The zero-order valence-electron chi connectivity index (χ0n) is 15.6. The van der Waals surface area contributed by atoms with Gasteiger partial charge in [0.05, 0.1) is 18.4 Å². The van der Waals surface area contributed by atoms with Gasteiger partial charge in [-0.05, 0) is 24.3 Å². The molecular formula is C20H20N2O5S. The molecule has 1 aliphatic heterocycles. The molecule has 146 valence electrons. The summed E-state index contributed by atoms with van der Waals surface area (Å²) in [6.45, 7) is 1.17. The van der Waals surface area contributed by atoms with E-state index >= 15 is 0 Å². The summed E-state index contributed by atoms with van der Waals surface area (Å²) in [5.41, 5.74) is 0.893. The third-order valence-electron chi connectivity index (χ3n) is 4.39. The maximum atomic E-state index is 12.8. The van der Waals surface area contributed by atoms with E-state index < -0.39 is 6.10 Å². The van der Waals surface area contributed by atoms with Gasteiger partial charge in [0.15, 0.2) is 16.3 Å². The average molecular weight is 400 g/mol. The predicted molar refractivity (Wildman–Crippen MR) is 105 cm³/mol. The Bertz CT molecular complexity index is 1070. The molecule has 3 aromatic rings. The Balaban J connectivity index is 1.71. The number of para-hydroxylation sites is 3. The smallest absolute Gasteiger partial charge is 0.292 e. The van der Waals surface area contributed by atoms with Crippen molar-refractivity contribution in [1.82, 2.24) is 4.57 Å². The van der Waals surface area contributed by atoms with Crippen LogP contribution in [0.3, 0.4) is 0 Å². The van der Waals surface area contributed by atoms with Crippen LogP contribution in [0.4, 0.5) is 0 Å². The summed E-state index contributed by atoms with van der Waals surface area (Å²) < 4.78 is 25.1. The number of hydrogen-bond donors (Lipinski definition) is 0. The van der Waals surface area contributed by atoms with Crippen molar-refractivity contribution in [1.29, 1.82) is 0 Å². The van der Waals surface area contributed by atoms with E-state index in [0.29, 0.717) is 29.5 Å². The molecule has 28 heavy (non-hydrogen) atoms. The van der Waals surface area contributed by atoms with Gasteiger partial charge in [-0.3, -0.25) is 4.79 Å². The van der Waals surface area contributed by atoms with Gasteiger partial charge in [-0.25, -0.2) is 0 Å². The highest BCUT2D eigenvalue weighted by atomic mass is 32.1. The van der Waals surface area contributed by atoms with Gasteiger partial charge in [-0.2, -0.15) is 4.99 Å². The first-order valence-corrected chi connectivity index (χ1v) is 9.65. The topological polar surface area (TPSA) is 71.3 Å². The molecule has 0 N–H and O–H groups in total. The first-order chi connectivity index (χ1) is 13.7. The van der Waals surface area contributed by atoms with E-state index in [-0.39, 0.29) is 12.5 Å². The Morgan fingerprint density at radius 3 is 2.82 bits per heavy atom. The molecule has 0 saturated carbocycles. The highest BCUT2D eigenvalue weighted by Gasteiger charge is 2.27. The predicted octanol–water partition coefficient (Wildman–Crippen LogP) is 2.63. The number of hydrogen-bond acceptors (Lipinski definition) is 6. The van der Waals surface area contributed by atoms with Gasteiger partial charge in [-0.1, -0.05) is 29.5 Å². The number of nitrogens with zero attached hydrogens (tertiary/aromatic N) is 2. The van der Waals surface area contributed by atoms with Crippen LogP contribution in [0, 0.1) is 0 Å². The summed E-state index contributed by atoms with van der Waals surface area (Å²) in [6.07, 6.45) is -0.780. The van der Waals surface area contributed by atoms with E-state index in [4.69, 9.17) is 18.9 Å². The summed E-state index contributed by atoms with van der Waals surface area (Å²) in [5.74, 6) is 1.52. The molecule has 0 aliphatic carbocycles. The van der Waals surface area contributed by atoms with Crippen LogP contribution in [0.15, 0.2) is 47.5 Å². The lowest BCUT2D eigenvalue weighted by atomic mass is 10.2. The lowest BCUT2D eigenvalue weighted by Gasteiger charge is -2.23. The summed E-state index contributed by atoms with van der Waals surface area (Å²) in [4.78, 5) is 17.7. The molecule has 7 nitrogen and oxygen atoms in total. The fourth-order valence-corrected chi connectivity index (χ4v) is 4.12. The van der Waals surface area contributed by atoms with Crippen LogP contribution in [0.5, 0.6) is 17.2 Å². The molecule has 1 aliphatic rings. The molecule has 0 saturated heterocycles. The van der Waals surface area contributed by atoms with Crippen molar-refractivity contribution < 1.29 is 23.7 Å². The van der Waals surface area contributed by atoms with E-state index in [1.54, 1.807) is 20.3 Å². The third-order valence-corrected chi connectivity index (χ3v) is 5.44. The quantitative estimate of drug-likeness (QED) is 0.658. The van der Waals surface area contributed by atoms with Crippen molar-refractivity contribution in [2.24, 2.45) is 4.99 Å². The lowest BCUT2D eigenvalue weighted by Crippen LogP contribution is -2.37.